The number of carbonyl (C=O) groups excluding carboxylic acids is 1. The van der Waals surface area contributed by atoms with Gasteiger partial charge in [-0.05, 0) is 49.2 Å². The molecule has 0 spiro atoms. The normalized spacial score (nSPS) is 12.4. The number of phenols is 1. The van der Waals surface area contributed by atoms with Gasteiger partial charge < -0.3 is 16.2 Å². The second-order valence-corrected chi connectivity index (χ2v) is 8.33. The number of nitrogen functional groups attached to an aromatic ring is 1. The summed E-state index contributed by atoms with van der Waals surface area (Å²) in [4.78, 5) is 12.4. The predicted octanol–water partition coefficient (Wildman–Crippen LogP) is 3.93. The van der Waals surface area contributed by atoms with Gasteiger partial charge in [0.1, 0.15) is 5.75 Å². The quantitative estimate of drug-likeness (QED) is 0.372. The van der Waals surface area contributed by atoms with Crippen LogP contribution in [0.1, 0.15) is 39.5 Å². The van der Waals surface area contributed by atoms with Crippen LogP contribution in [0.15, 0.2) is 47.4 Å². The first-order chi connectivity index (χ1) is 13.3. The Hall–Kier alpha value is -2.74. The van der Waals surface area contributed by atoms with Gasteiger partial charge in [0, 0.05) is 23.4 Å². The number of phenolic OH excluding ortho intramolecular Hbond substituents is 1. The molecule has 0 aliphatic carbocycles. The number of nitrogens with two attached hydrogens (primary N) is 1. The van der Waals surface area contributed by atoms with E-state index in [0.29, 0.717) is 11.4 Å². The zero-order valence-corrected chi connectivity index (χ0v) is 16.9. The third-order valence-electron chi connectivity index (χ3n) is 4.47. The molecule has 0 radical (unpaired) electrons. The van der Waals surface area contributed by atoms with E-state index in [-0.39, 0.29) is 28.2 Å². The average molecular weight is 406 g/mol. The molecule has 0 aliphatic rings. The lowest BCUT2D eigenvalue weighted by molar-refractivity contribution is -0.120. The van der Waals surface area contributed by atoms with Crippen LogP contribution in [0.3, 0.4) is 0 Å². The van der Waals surface area contributed by atoms with Crippen molar-refractivity contribution in [2.45, 2.75) is 44.4 Å². The Kier molecular flexibility index (Phi) is 7.28. The smallest absolute Gasteiger partial charge is 0.262 e. The molecule has 1 amide bonds. The van der Waals surface area contributed by atoms with E-state index in [9.17, 15) is 18.3 Å². The maximum atomic E-state index is 12.5. The molecule has 2 aromatic carbocycles. The minimum absolute atomic E-state index is 0.0137. The summed E-state index contributed by atoms with van der Waals surface area (Å²) >= 11 is 0. The van der Waals surface area contributed by atoms with Crippen LogP contribution in [0.25, 0.3) is 0 Å². The average Bonchev–Trinajstić information content (AvgIpc) is 2.65. The fourth-order valence-electron chi connectivity index (χ4n) is 2.77. The molecule has 0 fully saturated rings. The number of sulfonamides is 1. The highest BCUT2D eigenvalue weighted by Crippen LogP contribution is 2.28. The minimum Gasteiger partial charge on any atom is -0.506 e. The molecule has 0 saturated carbocycles. The van der Waals surface area contributed by atoms with Gasteiger partial charge in [-0.15, -0.1) is 0 Å². The monoisotopic (exact) mass is 405 g/mol. The van der Waals surface area contributed by atoms with Crippen LogP contribution < -0.4 is 15.8 Å². The Morgan fingerprint density at radius 1 is 1.14 bits per heavy atom. The largest absolute Gasteiger partial charge is 0.506 e. The molecule has 1 atom stereocenters. The van der Waals surface area contributed by atoms with Crippen LogP contribution in [0.5, 0.6) is 5.75 Å². The molecule has 0 unspecified atom stereocenters. The second-order valence-electron chi connectivity index (χ2n) is 6.64. The number of amides is 1. The zero-order chi connectivity index (χ0) is 20.7. The number of hydrogen-bond donors (Lipinski definition) is 4. The SMILES string of the molecule is CCCC[C@@H](CC)C(=O)Nc1ccc(S(=O)(=O)Nc2ccc(N)cc2O)cc1. The Morgan fingerprint density at radius 2 is 1.82 bits per heavy atom. The van der Waals surface area contributed by atoms with Crippen LogP contribution in [0, 0.1) is 5.92 Å². The number of aromatic hydroxyl groups is 1. The van der Waals surface area contributed by atoms with Crippen molar-refractivity contribution >= 4 is 33.0 Å². The van der Waals surface area contributed by atoms with Gasteiger partial charge in [-0.2, -0.15) is 0 Å². The van der Waals surface area contributed by atoms with Crippen molar-refractivity contribution in [3.05, 3.63) is 42.5 Å². The number of hydrogen-bond acceptors (Lipinski definition) is 5. The van der Waals surface area contributed by atoms with Gasteiger partial charge in [0.15, 0.2) is 0 Å². The molecule has 5 N–H and O–H groups in total. The fraction of sp³-hybridized carbons (Fsp3) is 0.350. The van der Waals surface area contributed by atoms with Crippen molar-refractivity contribution in [2.75, 3.05) is 15.8 Å². The highest BCUT2D eigenvalue weighted by atomic mass is 32.2. The van der Waals surface area contributed by atoms with Crippen LogP contribution in [0.2, 0.25) is 0 Å². The van der Waals surface area contributed by atoms with Crippen molar-refractivity contribution in [3.63, 3.8) is 0 Å². The van der Waals surface area contributed by atoms with Gasteiger partial charge in [0.05, 0.1) is 10.6 Å². The molecule has 2 rings (SSSR count). The van der Waals surface area contributed by atoms with Crippen LogP contribution in [-0.2, 0) is 14.8 Å². The van der Waals surface area contributed by atoms with Crippen molar-refractivity contribution in [2.24, 2.45) is 5.92 Å². The molecular formula is C20H27N3O4S. The van der Waals surface area contributed by atoms with Crippen LogP contribution in [-0.4, -0.2) is 19.4 Å². The van der Waals surface area contributed by atoms with E-state index in [1.807, 2.05) is 6.92 Å². The summed E-state index contributed by atoms with van der Waals surface area (Å²) < 4.78 is 27.3. The van der Waals surface area contributed by atoms with Crippen molar-refractivity contribution in [3.8, 4) is 5.75 Å². The first kappa shape index (κ1) is 21.6. The van der Waals surface area contributed by atoms with Crippen LogP contribution >= 0.6 is 0 Å². The predicted molar refractivity (Wildman–Crippen MR) is 112 cm³/mol. The van der Waals surface area contributed by atoms with Crippen molar-refractivity contribution in [1.82, 2.24) is 0 Å². The van der Waals surface area contributed by atoms with Crippen molar-refractivity contribution in [1.29, 1.82) is 0 Å². The summed E-state index contributed by atoms with van der Waals surface area (Å²) in [6.45, 7) is 4.07. The standard InChI is InChI=1S/C20H27N3O4S/c1-3-5-6-14(4-2)20(25)22-16-8-10-17(11-9-16)28(26,27)23-18-12-7-15(21)13-19(18)24/h7-14,23-24H,3-6,21H2,1-2H3,(H,22,25)/t14-/m1/s1. The number of unbranched alkanes of at least 4 members (excludes halogenated alkanes) is 1. The second kappa shape index (κ2) is 9.45. The molecule has 0 saturated heterocycles. The topological polar surface area (TPSA) is 122 Å². The van der Waals surface area contributed by atoms with Gasteiger partial charge in [0.2, 0.25) is 5.91 Å². The lowest BCUT2D eigenvalue weighted by atomic mass is 9.98. The molecule has 0 aromatic heterocycles. The molecule has 0 heterocycles. The maximum absolute atomic E-state index is 12.5. The van der Waals surface area contributed by atoms with E-state index < -0.39 is 10.0 Å². The van der Waals surface area contributed by atoms with Gasteiger partial charge in [-0.1, -0.05) is 26.7 Å². The highest BCUT2D eigenvalue weighted by Gasteiger charge is 2.18. The van der Waals surface area contributed by atoms with Crippen LogP contribution in [0.4, 0.5) is 17.1 Å². The number of rotatable bonds is 9. The first-order valence-electron chi connectivity index (χ1n) is 9.29. The summed E-state index contributed by atoms with van der Waals surface area (Å²) in [5.41, 5.74) is 6.44. The zero-order valence-electron chi connectivity index (χ0n) is 16.1. The summed E-state index contributed by atoms with van der Waals surface area (Å²) in [7, 11) is -3.89. The third-order valence-corrected chi connectivity index (χ3v) is 5.85. The molecule has 7 nitrogen and oxygen atoms in total. The lowest BCUT2D eigenvalue weighted by Gasteiger charge is -2.15. The Balaban J connectivity index is 2.09. The molecule has 28 heavy (non-hydrogen) atoms. The van der Waals surface area contributed by atoms with E-state index in [1.165, 1.54) is 30.3 Å². The lowest BCUT2D eigenvalue weighted by Crippen LogP contribution is -2.22. The first-order valence-corrected chi connectivity index (χ1v) is 10.8. The molecule has 0 aliphatic heterocycles. The van der Waals surface area contributed by atoms with Gasteiger partial charge in [0.25, 0.3) is 10.0 Å². The van der Waals surface area contributed by atoms with E-state index in [0.717, 1.165) is 25.7 Å². The maximum Gasteiger partial charge on any atom is 0.262 e. The third kappa shape index (κ3) is 5.63. The summed E-state index contributed by atoms with van der Waals surface area (Å²) in [5, 5.41) is 12.7. The van der Waals surface area contributed by atoms with Gasteiger partial charge >= 0.3 is 0 Å². The van der Waals surface area contributed by atoms with Gasteiger partial charge in [-0.25, -0.2) is 8.42 Å². The molecule has 0 bridgehead atoms. The molecule has 2 aromatic rings. The number of nitrogens with one attached hydrogen (secondary N) is 2. The Morgan fingerprint density at radius 3 is 2.39 bits per heavy atom. The molecule has 152 valence electrons. The van der Waals surface area contributed by atoms with E-state index in [4.69, 9.17) is 5.73 Å². The summed E-state index contributed by atoms with van der Waals surface area (Å²) in [5.74, 6) is -0.375. The van der Waals surface area contributed by atoms with E-state index in [2.05, 4.69) is 17.0 Å². The molecule has 8 heteroatoms. The van der Waals surface area contributed by atoms with Crippen molar-refractivity contribution < 1.29 is 18.3 Å². The Bertz CT molecular complexity index is 912. The summed E-state index contributed by atoms with van der Waals surface area (Å²) in [6, 6.07) is 10.0. The Labute approximate surface area is 166 Å². The molecular weight excluding hydrogens is 378 g/mol. The minimum atomic E-state index is -3.89. The summed E-state index contributed by atoms with van der Waals surface area (Å²) in [6.07, 6.45) is 3.62. The van der Waals surface area contributed by atoms with E-state index in [1.54, 1.807) is 12.1 Å². The number of anilines is 3. The van der Waals surface area contributed by atoms with E-state index >= 15 is 0 Å². The van der Waals surface area contributed by atoms with Gasteiger partial charge in [-0.3, -0.25) is 9.52 Å². The number of benzene rings is 2. The highest BCUT2D eigenvalue weighted by molar-refractivity contribution is 7.92. The fourth-order valence-corrected chi connectivity index (χ4v) is 3.85. The number of carbonyl (C=O) groups is 1.